The third-order valence-corrected chi connectivity index (χ3v) is 6.22. The number of para-hydroxylation sites is 1. The number of aromatic nitrogens is 1. The lowest BCUT2D eigenvalue weighted by atomic mass is 9.96. The lowest BCUT2D eigenvalue weighted by Gasteiger charge is -2.32. The van der Waals surface area contributed by atoms with E-state index in [1.165, 1.54) is 10.9 Å². The number of fused-ring (bicyclic) bond motifs is 1. The van der Waals surface area contributed by atoms with E-state index in [9.17, 15) is 9.59 Å². The summed E-state index contributed by atoms with van der Waals surface area (Å²) in [4.78, 5) is 30.7. The topological polar surface area (TPSA) is 78.3 Å². The van der Waals surface area contributed by atoms with Gasteiger partial charge in [0.1, 0.15) is 5.76 Å². The van der Waals surface area contributed by atoms with Crippen molar-refractivity contribution in [2.24, 2.45) is 5.92 Å². The summed E-state index contributed by atoms with van der Waals surface area (Å²) in [5, 5.41) is 4.30. The van der Waals surface area contributed by atoms with Crippen molar-refractivity contribution in [2.75, 3.05) is 13.1 Å². The van der Waals surface area contributed by atoms with Gasteiger partial charge in [-0.3, -0.25) is 9.59 Å². The number of aryl methyl sites for hydroxylation is 2. The third kappa shape index (κ3) is 5.37. The number of furan rings is 1. The molecule has 1 saturated heterocycles. The standard InChI is InChI=1S/C25H31N3O3/c1-18(10-12-21-7-5-15-31-21)27-25(30)20-6-4-14-28(17-20)24(29)13-11-19-16-26-23-9-3-2-8-22(19)23/h2-3,5,7-9,15-16,18,20,26H,4,6,10-14,17H2,1H3,(H,27,30)/t18-,20-/m0/s1. The van der Waals surface area contributed by atoms with Gasteiger partial charge in [-0.15, -0.1) is 0 Å². The largest absolute Gasteiger partial charge is 0.469 e. The number of nitrogens with one attached hydrogen (secondary N) is 2. The monoisotopic (exact) mass is 421 g/mol. The van der Waals surface area contributed by atoms with Crippen molar-refractivity contribution in [3.05, 3.63) is 60.2 Å². The molecule has 6 heteroatoms. The molecule has 2 amide bonds. The second-order valence-electron chi connectivity index (χ2n) is 8.57. The molecule has 0 unspecified atom stereocenters. The molecule has 3 aromatic rings. The van der Waals surface area contributed by atoms with Crippen molar-refractivity contribution >= 4 is 22.7 Å². The number of rotatable bonds is 8. The van der Waals surface area contributed by atoms with E-state index in [1.54, 1.807) is 6.26 Å². The SMILES string of the molecule is C[C@@H](CCc1ccco1)NC(=O)[C@H]1CCCN(C(=O)CCc2c[nH]c3ccccc23)C1. The van der Waals surface area contributed by atoms with Crippen molar-refractivity contribution in [3.8, 4) is 0 Å². The Bertz CT molecular complexity index is 1010. The summed E-state index contributed by atoms with van der Waals surface area (Å²) in [6.45, 7) is 3.28. The number of carbonyl (C=O) groups is 2. The predicted molar refractivity (Wildman–Crippen MR) is 121 cm³/mol. The average molecular weight is 422 g/mol. The molecule has 164 valence electrons. The minimum Gasteiger partial charge on any atom is -0.469 e. The quantitative estimate of drug-likeness (QED) is 0.575. The molecular weight excluding hydrogens is 390 g/mol. The molecule has 6 nitrogen and oxygen atoms in total. The van der Waals surface area contributed by atoms with Crippen LogP contribution in [0.5, 0.6) is 0 Å². The molecule has 3 heterocycles. The van der Waals surface area contributed by atoms with Crippen LogP contribution in [-0.4, -0.2) is 40.8 Å². The van der Waals surface area contributed by atoms with E-state index in [2.05, 4.69) is 16.4 Å². The lowest BCUT2D eigenvalue weighted by molar-refractivity contribution is -0.135. The van der Waals surface area contributed by atoms with Gasteiger partial charge < -0.3 is 19.6 Å². The number of hydrogen-bond acceptors (Lipinski definition) is 3. The zero-order valence-corrected chi connectivity index (χ0v) is 18.1. The lowest BCUT2D eigenvalue weighted by Crippen LogP contribution is -2.47. The summed E-state index contributed by atoms with van der Waals surface area (Å²) in [6, 6.07) is 12.1. The van der Waals surface area contributed by atoms with Crippen molar-refractivity contribution < 1.29 is 14.0 Å². The molecule has 1 aliphatic heterocycles. The number of piperidine rings is 1. The van der Waals surface area contributed by atoms with Crippen molar-refractivity contribution in [3.63, 3.8) is 0 Å². The number of hydrogen-bond donors (Lipinski definition) is 2. The van der Waals surface area contributed by atoms with E-state index in [0.717, 1.165) is 43.5 Å². The number of H-pyrrole nitrogens is 1. The van der Waals surface area contributed by atoms with Gasteiger partial charge in [-0.1, -0.05) is 18.2 Å². The smallest absolute Gasteiger partial charge is 0.225 e. The second-order valence-corrected chi connectivity index (χ2v) is 8.57. The van der Waals surface area contributed by atoms with Gasteiger partial charge in [0.05, 0.1) is 12.2 Å². The van der Waals surface area contributed by atoms with Crippen LogP contribution in [0.2, 0.25) is 0 Å². The highest BCUT2D eigenvalue weighted by molar-refractivity contribution is 5.84. The first-order chi connectivity index (χ1) is 15.1. The molecule has 31 heavy (non-hydrogen) atoms. The molecule has 1 aromatic carbocycles. The molecule has 1 fully saturated rings. The van der Waals surface area contributed by atoms with Crippen LogP contribution in [0.15, 0.2) is 53.3 Å². The van der Waals surface area contributed by atoms with Crippen molar-refractivity contribution in [1.82, 2.24) is 15.2 Å². The molecule has 1 aliphatic rings. The van der Waals surface area contributed by atoms with E-state index in [1.807, 2.05) is 48.4 Å². The van der Waals surface area contributed by atoms with Crippen LogP contribution in [0.3, 0.4) is 0 Å². The maximum absolute atomic E-state index is 12.8. The summed E-state index contributed by atoms with van der Waals surface area (Å²) in [5.41, 5.74) is 2.27. The highest BCUT2D eigenvalue weighted by Crippen LogP contribution is 2.21. The molecule has 2 aromatic heterocycles. The van der Waals surface area contributed by atoms with Gasteiger partial charge in [0.15, 0.2) is 0 Å². The molecule has 0 spiro atoms. The van der Waals surface area contributed by atoms with E-state index >= 15 is 0 Å². The van der Waals surface area contributed by atoms with Gasteiger partial charge in [0, 0.05) is 49.1 Å². The highest BCUT2D eigenvalue weighted by Gasteiger charge is 2.28. The fourth-order valence-electron chi connectivity index (χ4n) is 4.40. The zero-order chi connectivity index (χ0) is 21.6. The molecule has 0 bridgehead atoms. The fraction of sp³-hybridized carbons (Fsp3) is 0.440. The van der Waals surface area contributed by atoms with Crippen LogP contribution >= 0.6 is 0 Å². The summed E-state index contributed by atoms with van der Waals surface area (Å²) < 4.78 is 5.36. The second kappa shape index (κ2) is 9.86. The van der Waals surface area contributed by atoms with E-state index in [0.29, 0.717) is 19.4 Å². The molecule has 0 aliphatic carbocycles. The van der Waals surface area contributed by atoms with Crippen LogP contribution in [0.1, 0.15) is 43.9 Å². The Morgan fingerprint density at radius 1 is 1.23 bits per heavy atom. The first kappa shape index (κ1) is 21.2. The van der Waals surface area contributed by atoms with Crippen LogP contribution in [0, 0.1) is 5.92 Å². The van der Waals surface area contributed by atoms with Gasteiger partial charge in [-0.25, -0.2) is 0 Å². The Labute approximate surface area is 183 Å². The normalized spacial score (nSPS) is 17.6. The Balaban J connectivity index is 1.25. The number of carbonyl (C=O) groups excluding carboxylic acids is 2. The zero-order valence-electron chi connectivity index (χ0n) is 18.1. The highest BCUT2D eigenvalue weighted by atomic mass is 16.3. The van der Waals surface area contributed by atoms with Crippen molar-refractivity contribution in [1.29, 1.82) is 0 Å². The van der Waals surface area contributed by atoms with Crippen LogP contribution < -0.4 is 5.32 Å². The molecule has 4 rings (SSSR count). The van der Waals surface area contributed by atoms with Crippen LogP contribution in [-0.2, 0) is 22.4 Å². The molecule has 0 radical (unpaired) electrons. The Hall–Kier alpha value is -3.02. The van der Waals surface area contributed by atoms with E-state index < -0.39 is 0 Å². The number of aromatic amines is 1. The number of likely N-dealkylation sites (tertiary alicyclic amines) is 1. The Morgan fingerprint density at radius 2 is 2.10 bits per heavy atom. The Morgan fingerprint density at radius 3 is 2.94 bits per heavy atom. The fourth-order valence-corrected chi connectivity index (χ4v) is 4.40. The van der Waals surface area contributed by atoms with E-state index in [4.69, 9.17) is 4.42 Å². The first-order valence-electron chi connectivity index (χ1n) is 11.3. The van der Waals surface area contributed by atoms with Gasteiger partial charge in [-0.2, -0.15) is 0 Å². The van der Waals surface area contributed by atoms with Crippen molar-refractivity contribution in [2.45, 2.75) is 51.5 Å². The van der Waals surface area contributed by atoms with Gasteiger partial charge in [-0.05, 0) is 56.4 Å². The Kier molecular flexibility index (Phi) is 6.75. The molecular formula is C25H31N3O3. The molecule has 0 saturated carbocycles. The summed E-state index contributed by atoms with van der Waals surface area (Å²) in [5.74, 6) is 0.998. The summed E-state index contributed by atoms with van der Waals surface area (Å²) in [6.07, 6.45) is 8.19. The maximum atomic E-state index is 12.8. The predicted octanol–water partition coefficient (Wildman–Crippen LogP) is 4.07. The van der Waals surface area contributed by atoms with Crippen LogP contribution in [0.25, 0.3) is 10.9 Å². The minimum atomic E-state index is -0.128. The maximum Gasteiger partial charge on any atom is 0.225 e. The summed E-state index contributed by atoms with van der Waals surface area (Å²) in [7, 11) is 0. The van der Waals surface area contributed by atoms with Gasteiger partial charge in [0.2, 0.25) is 11.8 Å². The van der Waals surface area contributed by atoms with Gasteiger partial charge >= 0.3 is 0 Å². The number of amides is 2. The first-order valence-corrected chi connectivity index (χ1v) is 11.3. The molecule has 2 atom stereocenters. The van der Waals surface area contributed by atoms with Gasteiger partial charge in [0.25, 0.3) is 0 Å². The van der Waals surface area contributed by atoms with E-state index in [-0.39, 0.29) is 23.8 Å². The summed E-state index contributed by atoms with van der Waals surface area (Å²) >= 11 is 0. The van der Waals surface area contributed by atoms with Crippen LogP contribution in [0.4, 0.5) is 0 Å². The third-order valence-electron chi connectivity index (χ3n) is 6.22. The minimum absolute atomic E-state index is 0.0565. The molecule has 2 N–H and O–H groups in total. The number of benzene rings is 1. The average Bonchev–Trinajstić information content (AvgIpc) is 3.46. The number of nitrogens with zero attached hydrogens (tertiary/aromatic N) is 1.